The molecule has 0 atom stereocenters. The highest BCUT2D eigenvalue weighted by atomic mass is 32.2. The summed E-state index contributed by atoms with van der Waals surface area (Å²) in [5, 5.41) is 6.65. The number of nitrogens with zero attached hydrogens (tertiary/aromatic N) is 2. The van der Waals surface area contributed by atoms with Crippen LogP contribution < -0.4 is 20.7 Å². The SMILES string of the molecule is CN(C)c1cccc2c(S(=O)(=O)Nc3cccc(-c4csc(NC(=O)CCC[NH3+])n4)c3)cccc12. The molecule has 0 fully saturated rings. The standard InChI is InChI=1S/C25H27N5O3S2/c1-30(2)22-11-4-10-20-19(22)9-5-12-23(20)35(32,33)29-18-8-3-7-17(15-18)21-16-34-25(27-21)28-24(31)13-6-14-26/h3-5,7-12,15-16,29H,6,13-14,26H2,1-2H3,(H,27,28,31)/p+1. The summed E-state index contributed by atoms with van der Waals surface area (Å²) in [6.07, 6.45) is 1.12. The Labute approximate surface area is 208 Å². The van der Waals surface area contributed by atoms with Crippen molar-refractivity contribution in [2.24, 2.45) is 0 Å². The maximum absolute atomic E-state index is 13.4. The number of sulfonamides is 1. The van der Waals surface area contributed by atoms with E-state index < -0.39 is 10.0 Å². The van der Waals surface area contributed by atoms with Crippen LogP contribution in [0.5, 0.6) is 0 Å². The summed E-state index contributed by atoms with van der Waals surface area (Å²) in [6.45, 7) is 0.703. The third-order valence-electron chi connectivity index (χ3n) is 5.45. The third kappa shape index (κ3) is 5.61. The first kappa shape index (κ1) is 24.6. The monoisotopic (exact) mass is 510 g/mol. The summed E-state index contributed by atoms with van der Waals surface area (Å²) in [7, 11) is 0.00718. The van der Waals surface area contributed by atoms with Crippen LogP contribution in [-0.2, 0) is 14.8 Å². The Bertz CT molecular complexity index is 1470. The average Bonchev–Trinajstić information content (AvgIpc) is 3.30. The van der Waals surface area contributed by atoms with Crippen LogP contribution in [0.1, 0.15) is 12.8 Å². The lowest BCUT2D eigenvalue weighted by atomic mass is 10.1. The molecule has 182 valence electrons. The van der Waals surface area contributed by atoms with Crippen molar-refractivity contribution in [2.75, 3.05) is 35.6 Å². The number of anilines is 3. The number of aromatic nitrogens is 1. The van der Waals surface area contributed by atoms with Crippen molar-refractivity contribution in [3.8, 4) is 11.3 Å². The van der Waals surface area contributed by atoms with Gasteiger partial charge in [0.05, 0.1) is 17.1 Å². The molecule has 35 heavy (non-hydrogen) atoms. The lowest BCUT2D eigenvalue weighted by Crippen LogP contribution is -2.50. The highest BCUT2D eigenvalue weighted by molar-refractivity contribution is 7.93. The lowest BCUT2D eigenvalue weighted by molar-refractivity contribution is -0.368. The first-order valence-electron chi connectivity index (χ1n) is 11.2. The first-order chi connectivity index (χ1) is 16.8. The minimum atomic E-state index is -3.85. The van der Waals surface area contributed by atoms with E-state index in [0.717, 1.165) is 23.1 Å². The third-order valence-corrected chi connectivity index (χ3v) is 7.64. The van der Waals surface area contributed by atoms with Crippen LogP contribution in [0.4, 0.5) is 16.5 Å². The fraction of sp³-hybridized carbons (Fsp3) is 0.200. The summed E-state index contributed by atoms with van der Waals surface area (Å²) in [5.41, 5.74) is 6.51. The van der Waals surface area contributed by atoms with Crippen LogP contribution in [0.3, 0.4) is 0 Å². The molecule has 3 aromatic carbocycles. The zero-order valence-electron chi connectivity index (χ0n) is 19.6. The molecule has 0 aliphatic rings. The normalized spacial score (nSPS) is 11.4. The van der Waals surface area contributed by atoms with Crippen molar-refractivity contribution in [3.05, 3.63) is 66.0 Å². The quantitative estimate of drug-likeness (QED) is 0.317. The van der Waals surface area contributed by atoms with Crippen molar-refractivity contribution < 1.29 is 18.9 Å². The summed E-state index contributed by atoms with van der Waals surface area (Å²) >= 11 is 1.33. The highest BCUT2D eigenvalue weighted by Crippen LogP contribution is 2.32. The summed E-state index contributed by atoms with van der Waals surface area (Å²) < 4.78 is 29.4. The number of quaternary nitrogens is 1. The van der Waals surface area contributed by atoms with E-state index in [1.165, 1.54) is 11.3 Å². The minimum Gasteiger partial charge on any atom is -0.377 e. The van der Waals surface area contributed by atoms with Crippen LogP contribution in [0.15, 0.2) is 70.9 Å². The van der Waals surface area contributed by atoms with Gasteiger partial charge < -0.3 is 16.0 Å². The van der Waals surface area contributed by atoms with Crippen LogP contribution in [0.2, 0.25) is 0 Å². The van der Waals surface area contributed by atoms with E-state index in [1.54, 1.807) is 30.3 Å². The zero-order chi connectivity index (χ0) is 25.0. The van der Waals surface area contributed by atoms with Gasteiger partial charge in [0.15, 0.2) is 5.13 Å². The molecule has 4 rings (SSSR count). The number of carbonyl (C=O) groups excluding carboxylic acids is 1. The Balaban J connectivity index is 1.59. The van der Waals surface area contributed by atoms with Crippen molar-refractivity contribution in [3.63, 3.8) is 0 Å². The molecular weight excluding hydrogens is 482 g/mol. The molecule has 10 heteroatoms. The maximum Gasteiger partial charge on any atom is 0.262 e. The average molecular weight is 511 g/mol. The minimum absolute atomic E-state index is 0.0939. The Morgan fingerprint density at radius 3 is 2.57 bits per heavy atom. The van der Waals surface area contributed by atoms with Gasteiger partial charge in [0.1, 0.15) is 0 Å². The van der Waals surface area contributed by atoms with Crippen molar-refractivity contribution in [1.82, 2.24) is 4.98 Å². The first-order valence-corrected chi connectivity index (χ1v) is 13.5. The summed E-state index contributed by atoms with van der Waals surface area (Å²) in [5.74, 6) is -0.0939. The fourth-order valence-corrected chi connectivity index (χ4v) is 5.78. The molecule has 8 nitrogen and oxygen atoms in total. The van der Waals surface area contributed by atoms with Gasteiger partial charge in [-0.05, 0) is 24.3 Å². The van der Waals surface area contributed by atoms with Gasteiger partial charge in [-0.2, -0.15) is 0 Å². The molecule has 0 saturated heterocycles. The Kier molecular flexibility index (Phi) is 7.34. The second-order valence-corrected chi connectivity index (χ2v) is 10.8. The van der Waals surface area contributed by atoms with E-state index in [9.17, 15) is 13.2 Å². The number of nitrogens with one attached hydrogen (secondary N) is 2. The second kappa shape index (κ2) is 10.4. The van der Waals surface area contributed by atoms with E-state index >= 15 is 0 Å². The van der Waals surface area contributed by atoms with Gasteiger partial charge in [-0.25, -0.2) is 13.4 Å². The number of rotatable bonds is 9. The molecule has 0 bridgehead atoms. The number of hydrogen-bond acceptors (Lipinski definition) is 6. The van der Waals surface area contributed by atoms with Crippen molar-refractivity contribution in [2.45, 2.75) is 17.7 Å². The topological polar surface area (TPSA) is 119 Å². The van der Waals surface area contributed by atoms with Crippen LogP contribution >= 0.6 is 11.3 Å². The van der Waals surface area contributed by atoms with E-state index in [2.05, 4.69) is 20.8 Å². The molecule has 0 spiro atoms. The van der Waals surface area contributed by atoms with Gasteiger partial charge in [-0.15, -0.1) is 11.3 Å². The molecule has 0 radical (unpaired) electrons. The second-order valence-electron chi connectivity index (χ2n) is 8.25. The van der Waals surface area contributed by atoms with Gasteiger partial charge in [0, 0.05) is 60.0 Å². The highest BCUT2D eigenvalue weighted by Gasteiger charge is 2.19. The molecule has 4 aromatic rings. The Morgan fingerprint density at radius 1 is 1.06 bits per heavy atom. The summed E-state index contributed by atoms with van der Waals surface area (Å²) in [6, 6.07) is 18.0. The number of amides is 1. The number of benzene rings is 3. The predicted molar refractivity (Wildman–Crippen MR) is 142 cm³/mol. The fourth-order valence-electron chi connectivity index (χ4n) is 3.77. The van der Waals surface area contributed by atoms with Crippen LogP contribution in [0.25, 0.3) is 22.0 Å². The Morgan fingerprint density at radius 2 is 1.80 bits per heavy atom. The number of fused-ring (bicyclic) bond motifs is 1. The number of hydrogen-bond donors (Lipinski definition) is 3. The van der Waals surface area contributed by atoms with Crippen LogP contribution in [0, 0.1) is 0 Å². The Hall–Kier alpha value is -3.47. The molecule has 0 aliphatic carbocycles. The maximum atomic E-state index is 13.4. The largest absolute Gasteiger partial charge is 0.377 e. The molecule has 5 N–H and O–H groups in total. The van der Waals surface area contributed by atoms with E-state index in [-0.39, 0.29) is 10.8 Å². The lowest BCUT2D eigenvalue weighted by Gasteiger charge is -2.17. The molecule has 1 heterocycles. The molecule has 0 saturated carbocycles. The molecule has 0 aliphatic heterocycles. The molecule has 0 unspecified atom stereocenters. The van der Waals surface area contributed by atoms with Crippen molar-refractivity contribution >= 4 is 54.5 Å². The predicted octanol–water partition coefficient (Wildman–Crippen LogP) is 3.79. The number of thiazole rings is 1. The summed E-state index contributed by atoms with van der Waals surface area (Å²) in [4.78, 5) is 18.6. The van der Waals surface area contributed by atoms with E-state index in [0.29, 0.717) is 34.9 Å². The zero-order valence-corrected chi connectivity index (χ0v) is 21.2. The van der Waals surface area contributed by atoms with Gasteiger partial charge >= 0.3 is 0 Å². The molecule has 1 aromatic heterocycles. The van der Waals surface area contributed by atoms with E-state index in [1.807, 2.05) is 54.7 Å². The molecule has 1 amide bonds. The smallest absolute Gasteiger partial charge is 0.262 e. The van der Waals surface area contributed by atoms with Gasteiger partial charge in [-0.1, -0.05) is 36.4 Å². The van der Waals surface area contributed by atoms with Gasteiger partial charge in [0.2, 0.25) is 5.91 Å². The molecular formula is C25H28N5O3S2+. The van der Waals surface area contributed by atoms with E-state index in [4.69, 9.17) is 0 Å². The van der Waals surface area contributed by atoms with Crippen molar-refractivity contribution in [1.29, 1.82) is 0 Å². The van der Waals surface area contributed by atoms with Crippen LogP contribution in [-0.4, -0.2) is 39.9 Å². The van der Waals surface area contributed by atoms with Gasteiger partial charge in [-0.3, -0.25) is 9.52 Å². The van der Waals surface area contributed by atoms with Gasteiger partial charge in [0.25, 0.3) is 10.0 Å². The number of carbonyl (C=O) groups is 1.